The molecule has 2 nitrogen and oxygen atoms in total. The number of hydrogen-bond acceptors (Lipinski definition) is 2. The normalized spacial score (nSPS) is 19.4. The molecule has 108 valence electrons. The molecule has 0 radical (unpaired) electrons. The Morgan fingerprint density at radius 2 is 2.25 bits per heavy atom. The molecule has 0 aromatic heterocycles. The summed E-state index contributed by atoms with van der Waals surface area (Å²) < 4.78 is 13.8. The molecule has 1 fully saturated rings. The Kier molecular flexibility index (Phi) is 5.65. The highest BCUT2D eigenvalue weighted by atomic mass is 32.2. The van der Waals surface area contributed by atoms with Crippen LogP contribution in [0.15, 0.2) is 36.9 Å². The first-order valence-corrected chi connectivity index (χ1v) is 8.02. The lowest BCUT2D eigenvalue weighted by atomic mass is 10.1. The molecule has 4 heteroatoms. The maximum atomic E-state index is 13.8. The van der Waals surface area contributed by atoms with Gasteiger partial charge in [-0.3, -0.25) is 4.79 Å². The lowest BCUT2D eigenvalue weighted by Gasteiger charge is -2.20. The maximum absolute atomic E-state index is 13.8. The summed E-state index contributed by atoms with van der Waals surface area (Å²) in [5.74, 6) is 0.898. The van der Waals surface area contributed by atoms with Crippen LogP contribution in [0.1, 0.15) is 30.1 Å². The van der Waals surface area contributed by atoms with Crippen LogP contribution in [0.3, 0.4) is 0 Å². The van der Waals surface area contributed by atoms with Crippen molar-refractivity contribution >= 4 is 17.7 Å². The number of nitrogens with zero attached hydrogens (tertiary/aromatic N) is 1. The van der Waals surface area contributed by atoms with Crippen molar-refractivity contribution in [2.75, 3.05) is 18.8 Å². The molecule has 1 aliphatic rings. The molecular weight excluding hydrogens is 273 g/mol. The molecule has 1 atom stereocenters. The van der Waals surface area contributed by atoms with Crippen LogP contribution in [0.2, 0.25) is 0 Å². The number of thioether (sulfide) groups is 1. The number of halogens is 1. The highest BCUT2D eigenvalue weighted by molar-refractivity contribution is 7.99. The zero-order chi connectivity index (χ0) is 14.4. The zero-order valence-electron chi connectivity index (χ0n) is 11.6. The Bertz CT molecular complexity index is 477. The van der Waals surface area contributed by atoms with Gasteiger partial charge in [0.15, 0.2) is 0 Å². The van der Waals surface area contributed by atoms with E-state index < -0.39 is 0 Å². The molecule has 1 amide bonds. The van der Waals surface area contributed by atoms with Crippen molar-refractivity contribution in [2.24, 2.45) is 0 Å². The molecule has 1 aromatic carbocycles. The Morgan fingerprint density at radius 1 is 1.45 bits per heavy atom. The van der Waals surface area contributed by atoms with Crippen molar-refractivity contribution in [2.45, 2.75) is 24.5 Å². The van der Waals surface area contributed by atoms with Crippen molar-refractivity contribution in [3.63, 3.8) is 0 Å². The van der Waals surface area contributed by atoms with Gasteiger partial charge in [0.2, 0.25) is 5.91 Å². The monoisotopic (exact) mass is 293 g/mol. The van der Waals surface area contributed by atoms with Crippen LogP contribution in [-0.2, 0) is 4.79 Å². The third-order valence-corrected chi connectivity index (χ3v) is 4.82. The second-order valence-electron chi connectivity index (χ2n) is 4.88. The van der Waals surface area contributed by atoms with E-state index in [2.05, 4.69) is 6.58 Å². The van der Waals surface area contributed by atoms with E-state index in [1.54, 1.807) is 23.9 Å². The van der Waals surface area contributed by atoms with Crippen LogP contribution >= 0.6 is 11.8 Å². The number of allylic oxidation sites excluding steroid dienone is 1. The molecule has 0 N–H and O–H groups in total. The van der Waals surface area contributed by atoms with Gasteiger partial charge in [-0.25, -0.2) is 4.39 Å². The molecule has 0 saturated carbocycles. The SMILES string of the molecule is C=CCCC(=O)N1CCS[C@@H](c2ccccc2F)CC1. The van der Waals surface area contributed by atoms with Gasteiger partial charge in [0, 0.05) is 36.1 Å². The van der Waals surface area contributed by atoms with E-state index in [0.717, 1.165) is 30.7 Å². The number of carbonyl (C=O) groups excluding carboxylic acids is 1. The number of rotatable bonds is 4. The molecule has 20 heavy (non-hydrogen) atoms. The van der Waals surface area contributed by atoms with Gasteiger partial charge in [0.1, 0.15) is 5.82 Å². The van der Waals surface area contributed by atoms with E-state index in [4.69, 9.17) is 0 Å². The van der Waals surface area contributed by atoms with Crippen molar-refractivity contribution in [3.8, 4) is 0 Å². The van der Waals surface area contributed by atoms with Crippen LogP contribution < -0.4 is 0 Å². The molecule has 0 unspecified atom stereocenters. The molecule has 0 aliphatic carbocycles. The lowest BCUT2D eigenvalue weighted by Crippen LogP contribution is -2.32. The smallest absolute Gasteiger partial charge is 0.222 e. The average molecular weight is 293 g/mol. The summed E-state index contributed by atoms with van der Waals surface area (Å²) in [5.41, 5.74) is 0.762. The first kappa shape index (κ1) is 15.1. The maximum Gasteiger partial charge on any atom is 0.222 e. The summed E-state index contributed by atoms with van der Waals surface area (Å²) in [6.45, 7) is 5.11. The first-order valence-electron chi connectivity index (χ1n) is 6.97. The summed E-state index contributed by atoms with van der Waals surface area (Å²) in [6, 6.07) is 6.94. The van der Waals surface area contributed by atoms with E-state index in [1.165, 1.54) is 6.07 Å². The van der Waals surface area contributed by atoms with E-state index in [-0.39, 0.29) is 17.0 Å². The van der Waals surface area contributed by atoms with Crippen LogP contribution in [0, 0.1) is 5.82 Å². The van der Waals surface area contributed by atoms with E-state index >= 15 is 0 Å². The molecule has 1 aromatic rings. The minimum absolute atomic E-state index is 0.142. The summed E-state index contributed by atoms with van der Waals surface area (Å²) >= 11 is 1.74. The largest absolute Gasteiger partial charge is 0.342 e. The number of benzene rings is 1. The summed E-state index contributed by atoms with van der Waals surface area (Å²) in [6.07, 6.45) is 3.83. The zero-order valence-corrected chi connectivity index (χ0v) is 12.4. The van der Waals surface area contributed by atoms with Gasteiger partial charge in [0.25, 0.3) is 0 Å². The Balaban J connectivity index is 1.97. The Morgan fingerprint density at radius 3 is 3.00 bits per heavy atom. The molecular formula is C16H20FNOS. The summed E-state index contributed by atoms with van der Waals surface area (Å²) in [5, 5.41) is 0.147. The van der Waals surface area contributed by atoms with Crippen LogP contribution in [0.5, 0.6) is 0 Å². The molecule has 0 spiro atoms. The fourth-order valence-electron chi connectivity index (χ4n) is 2.39. The standard InChI is InChI=1S/C16H20FNOS/c1-2-3-8-16(19)18-10-9-15(20-12-11-18)13-6-4-5-7-14(13)17/h2,4-7,15H,1,3,8-12H2/t15-/m1/s1. The van der Waals surface area contributed by atoms with Crippen LogP contribution in [-0.4, -0.2) is 29.6 Å². The van der Waals surface area contributed by atoms with E-state index in [0.29, 0.717) is 13.0 Å². The Labute approximate surface area is 124 Å². The predicted molar refractivity (Wildman–Crippen MR) is 82.2 cm³/mol. The molecule has 2 rings (SSSR count). The van der Waals surface area contributed by atoms with Crippen molar-refractivity contribution < 1.29 is 9.18 Å². The van der Waals surface area contributed by atoms with Crippen LogP contribution in [0.25, 0.3) is 0 Å². The number of hydrogen-bond donors (Lipinski definition) is 0. The first-order chi connectivity index (χ1) is 9.72. The minimum atomic E-state index is -0.142. The summed E-state index contributed by atoms with van der Waals surface area (Å²) in [7, 11) is 0. The minimum Gasteiger partial charge on any atom is -0.342 e. The van der Waals surface area contributed by atoms with Gasteiger partial charge in [-0.05, 0) is 18.9 Å². The highest BCUT2D eigenvalue weighted by Gasteiger charge is 2.23. The van der Waals surface area contributed by atoms with Crippen molar-refractivity contribution in [3.05, 3.63) is 48.3 Å². The number of carbonyl (C=O) groups is 1. The van der Waals surface area contributed by atoms with E-state index in [1.807, 2.05) is 17.0 Å². The van der Waals surface area contributed by atoms with Gasteiger partial charge in [0.05, 0.1) is 0 Å². The fraction of sp³-hybridized carbons (Fsp3) is 0.438. The average Bonchev–Trinajstić information content (AvgIpc) is 2.71. The van der Waals surface area contributed by atoms with Gasteiger partial charge in [-0.15, -0.1) is 6.58 Å². The predicted octanol–water partition coefficient (Wildman–Crippen LogP) is 3.80. The van der Waals surface area contributed by atoms with Crippen LogP contribution in [0.4, 0.5) is 4.39 Å². The molecule has 1 heterocycles. The quantitative estimate of drug-likeness (QED) is 0.787. The molecule has 1 aliphatic heterocycles. The second-order valence-corrected chi connectivity index (χ2v) is 6.19. The molecule has 1 saturated heterocycles. The summed E-state index contributed by atoms with van der Waals surface area (Å²) in [4.78, 5) is 13.9. The van der Waals surface area contributed by atoms with Gasteiger partial charge < -0.3 is 4.90 Å². The number of amides is 1. The lowest BCUT2D eigenvalue weighted by molar-refractivity contribution is -0.130. The Hall–Kier alpha value is -1.29. The third kappa shape index (κ3) is 3.85. The second kappa shape index (κ2) is 7.48. The van der Waals surface area contributed by atoms with Gasteiger partial charge in [-0.1, -0.05) is 24.3 Å². The van der Waals surface area contributed by atoms with Gasteiger partial charge >= 0.3 is 0 Å². The van der Waals surface area contributed by atoms with E-state index in [9.17, 15) is 9.18 Å². The van der Waals surface area contributed by atoms with Crippen molar-refractivity contribution in [1.82, 2.24) is 4.90 Å². The molecule has 0 bridgehead atoms. The highest BCUT2D eigenvalue weighted by Crippen LogP contribution is 2.35. The topological polar surface area (TPSA) is 20.3 Å². The third-order valence-electron chi connectivity index (χ3n) is 3.51. The van der Waals surface area contributed by atoms with Gasteiger partial charge in [-0.2, -0.15) is 11.8 Å². The van der Waals surface area contributed by atoms with Crippen molar-refractivity contribution in [1.29, 1.82) is 0 Å². The fourth-order valence-corrected chi connectivity index (χ4v) is 3.64.